The summed E-state index contributed by atoms with van der Waals surface area (Å²) in [7, 11) is 0. The molecule has 0 aromatic carbocycles. The fraction of sp³-hybridized carbons (Fsp3) is 0.250. The van der Waals surface area contributed by atoms with Crippen molar-refractivity contribution in [1.82, 2.24) is 9.38 Å². The first-order valence-electron chi connectivity index (χ1n) is 6.21. The number of anilines is 1. The van der Waals surface area contributed by atoms with Crippen LogP contribution < -0.4 is 5.32 Å². The molecule has 0 unspecified atom stereocenters. The second-order valence-corrected chi connectivity index (χ2v) is 6.17. The monoisotopic (exact) mass is 324 g/mol. The minimum absolute atomic E-state index is 0.00835. The fourth-order valence-corrected chi connectivity index (χ4v) is 3.64. The predicted octanol–water partition coefficient (Wildman–Crippen LogP) is 2.90. The highest BCUT2D eigenvalue weighted by Crippen LogP contribution is 2.32. The molecular weight excluding hydrogens is 312 g/mol. The van der Waals surface area contributed by atoms with Crippen molar-refractivity contribution in [3.63, 3.8) is 0 Å². The number of nitrogens with zero attached hydrogens (tertiary/aromatic N) is 3. The summed E-state index contributed by atoms with van der Waals surface area (Å²) in [5.74, 6) is 0.157. The van der Waals surface area contributed by atoms with Crippen LogP contribution in [0.5, 0.6) is 0 Å². The lowest BCUT2D eigenvalue weighted by atomic mass is 10.2. The Balaban J connectivity index is 1.97. The van der Waals surface area contributed by atoms with E-state index >= 15 is 0 Å². The number of aromatic nitrogens is 2. The molecule has 110 valence electrons. The number of rotatable bonds is 6. The smallest absolute Gasteiger partial charge is 0.372 e. The molecule has 3 rings (SSSR count). The van der Waals surface area contributed by atoms with Crippen LogP contribution in [0.2, 0.25) is 0 Å². The number of thiophene rings is 1. The molecule has 0 spiro atoms. The third kappa shape index (κ3) is 2.62. The lowest BCUT2D eigenvalue weighted by molar-refractivity contribution is -0.389. The Labute approximate surface area is 127 Å². The first-order valence-corrected chi connectivity index (χ1v) is 7.97. The van der Waals surface area contributed by atoms with Crippen molar-refractivity contribution < 1.29 is 10.0 Å². The molecule has 0 aliphatic rings. The van der Waals surface area contributed by atoms with Crippen molar-refractivity contribution >= 4 is 39.3 Å². The molecule has 21 heavy (non-hydrogen) atoms. The van der Waals surface area contributed by atoms with Crippen LogP contribution in [0.1, 0.15) is 17.3 Å². The summed E-state index contributed by atoms with van der Waals surface area (Å²) in [4.78, 5) is 16.7. The van der Waals surface area contributed by atoms with Gasteiger partial charge in [0.1, 0.15) is 6.20 Å². The Bertz CT molecular complexity index is 750. The zero-order valence-electron chi connectivity index (χ0n) is 10.8. The van der Waals surface area contributed by atoms with Gasteiger partial charge in [-0.1, -0.05) is 17.4 Å². The summed E-state index contributed by atoms with van der Waals surface area (Å²) >= 11 is 2.88. The fourth-order valence-electron chi connectivity index (χ4n) is 2.11. The summed E-state index contributed by atoms with van der Waals surface area (Å²) in [5.41, 5.74) is 0. The molecule has 9 heteroatoms. The van der Waals surface area contributed by atoms with E-state index in [-0.39, 0.29) is 24.3 Å². The van der Waals surface area contributed by atoms with Gasteiger partial charge in [0.05, 0.1) is 6.04 Å². The standard InChI is InChI=1S/C12H12N4O3S2/c17-5-3-8(9-2-1-6-20-9)13-10-11(16(18)19)15-4-7-21-12(15)14-10/h1-2,4,6-8,13,17H,3,5H2/t8-/m0/s1. The maximum atomic E-state index is 11.3. The van der Waals surface area contributed by atoms with Crippen molar-refractivity contribution in [2.45, 2.75) is 12.5 Å². The highest BCUT2D eigenvalue weighted by molar-refractivity contribution is 7.15. The predicted molar refractivity (Wildman–Crippen MR) is 82.1 cm³/mol. The van der Waals surface area contributed by atoms with E-state index in [0.29, 0.717) is 11.4 Å². The molecule has 2 N–H and O–H groups in total. The molecule has 0 saturated heterocycles. The molecule has 0 saturated carbocycles. The number of thiazole rings is 1. The lowest BCUT2D eigenvalue weighted by Gasteiger charge is -2.15. The normalized spacial score (nSPS) is 12.6. The van der Waals surface area contributed by atoms with Crippen LogP contribution in [-0.4, -0.2) is 26.0 Å². The van der Waals surface area contributed by atoms with Gasteiger partial charge < -0.3 is 20.5 Å². The van der Waals surface area contributed by atoms with Crippen molar-refractivity contribution in [3.8, 4) is 0 Å². The first kappa shape index (κ1) is 14.0. The van der Waals surface area contributed by atoms with E-state index in [4.69, 9.17) is 0 Å². The van der Waals surface area contributed by atoms with Crippen LogP contribution in [0.4, 0.5) is 11.6 Å². The molecule has 0 aliphatic carbocycles. The van der Waals surface area contributed by atoms with E-state index in [1.165, 1.54) is 27.1 Å². The summed E-state index contributed by atoms with van der Waals surface area (Å²) in [6.45, 7) is -0.00835. The maximum Gasteiger partial charge on any atom is 0.372 e. The van der Waals surface area contributed by atoms with E-state index < -0.39 is 4.92 Å². The summed E-state index contributed by atoms with van der Waals surface area (Å²) < 4.78 is 1.46. The average Bonchev–Trinajstić information content (AvgIpc) is 3.14. The minimum atomic E-state index is -0.445. The van der Waals surface area contributed by atoms with Crippen LogP contribution in [-0.2, 0) is 0 Å². The van der Waals surface area contributed by atoms with Gasteiger partial charge in [0.25, 0.3) is 4.96 Å². The topological polar surface area (TPSA) is 92.7 Å². The van der Waals surface area contributed by atoms with Gasteiger partial charge in [-0.05, 0) is 22.8 Å². The van der Waals surface area contributed by atoms with Gasteiger partial charge in [-0.25, -0.2) is 0 Å². The number of nitrogens with one attached hydrogen (secondary N) is 1. The number of imidazole rings is 1. The lowest BCUT2D eigenvalue weighted by Crippen LogP contribution is -2.12. The van der Waals surface area contributed by atoms with Crippen molar-refractivity contribution in [2.24, 2.45) is 0 Å². The van der Waals surface area contributed by atoms with E-state index in [2.05, 4.69) is 10.3 Å². The quantitative estimate of drug-likeness (QED) is 0.537. The largest absolute Gasteiger partial charge is 0.396 e. The van der Waals surface area contributed by atoms with Crippen molar-refractivity contribution in [3.05, 3.63) is 44.1 Å². The number of aliphatic hydroxyl groups is 1. The summed E-state index contributed by atoms with van der Waals surface area (Å²) in [6, 6.07) is 3.65. The second kappa shape index (κ2) is 5.80. The van der Waals surface area contributed by atoms with Crippen LogP contribution in [0.3, 0.4) is 0 Å². The van der Waals surface area contributed by atoms with Gasteiger partial charge in [-0.15, -0.1) is 11.3 Å². The van der Waals surface area contributed by atoms with Crippen LogP contribution in [0.15, 0.2) is 29.1 Å². The van der Waals surface area contributed by atoms with E-state index in [0.717, 1.165) is 4.88 Å². The molecule has 3 aromatic rings. The van der Waals surface area contributed by atoms with Crippen LogP contribution in [0, 0.1) is 10.1 Å². The zero-order valence-corrected chi connectivity index (χ0v) is 12.4. The van der Waals surface area contributed by atoms with Crippen LogP contribution in [0.25, 0.3) is 4.96 Å². The van der Waals surface area contributed by atoms with Gasteiger partial charge in [-0.3, -0.25) is 0 Å². The number of aliphatic hydroxyl groups excluding tert-OH is 1. The van der Waals surface area contributed by atoms with Gasteiger partial charge >= 0.3 is 5.82 Å². The first-order chi connectivity index (χ1) is 10.2. The maximum absolute atomic E-state index is 11.3. The molecular formula is C12H12N4O3S2. The molecule has 7 nitrogen and oxygen atoms in total. The van der Waals surface area contributed by atoms with Crippen LogP contribution >= 0.6 is 22.7 Å². The number of nitro groups is 1. The SMILES string of the molecule is O=[N+]([O-])c1c(N[C@@H](CCO)c2cccs2)nc2sccn12. The van der Waals surface area contributed by atoms with Crippen molar-refractivity contribution in [1.29, 1.82) is 0 Å². The number of hydrogen-bond acceptors (Lipinski definition) is 7. The highest BCUT2D eigenvalue weighted by atomic mass is 32.1. The highest BCUT2D eigenvalue weighted by Gasteiger charge is 2.26. The Hall–Kier alpha value is -1.97. The number of fused-ring (bicyclic) bond motifs is 1. The number of hydrogen-bond donors (Lipinski definition) is 2. The van der Waals surface area contributed by atoms with E-state index in [9.17, 15) is 15.2 Å². The second-order valence-electron chi connectivity index (χ2n) is 4.32. The minimum Gasteiger partial charge on any atom is -0.396 e. The molecule has 0 amide bonds. The molecule has 0 fully saturated rings. The molecule has 3 aromatic heterocycles. The molecule has 1 atom stereocenters. The Morgan fingerprint density at radius 2 is 2.33 bits per heavy atom. The molecule has 0 aliphatic heterocycles. The van der Waals surface area contributed by atoms with E-state index in [1.807, 2.05) is 17.5 Å². The third-order valence-corrected chi connectivity index (χ3v) is 4.77. The zero-order chi connectivity index (χ0) is 14.8. The van der Waals surface area contributed by atoms with Gasteiger partial charge in [0.15, 0.2) is 0 Å². The Morgan fingerprint density at radius 1 is 1.48 bits per heavy atom. The van der Waals surface area contributed by atoms with Gasteiger partial charge in [-0.2, -0.15) is 9.38 Å². The molecule has 3 heterocycles. The van der Waals surface area contributed by atoms with E-state index in [1.54, 1.807) is 11.6 Å². The summed E-state index contributed by atoms with van der Waals surface area (Å²) in [6.07, 6.45) is 2.09. The van der Waals surface area contributed by atoms with Crippen molar-refractivity contribution in [2.75, 3.05) is 11.9 Å². The average molecular weight is 324 g/mol. The van der Waals surface area contributed by atoms with Gasteiger partial charge in [0.2, 0.25) is 5.82 Å². The summed E-state index contributed by atoms with van der Waals surface area (Å²) in [5, 5.41) is 27.3. The third-order valence-electron chi connectivity index (χ3n) is 3.03. The Kier molecular flexibility index (Phi) is 3.86. The van der Waals surface area contributed by atoms with Gasteiger partial charge in [0, 0.05) is 16.9 Å². The Morgan fingerprint density at radius 3 is 3.00 bits per heavy atom. The molecule has 0 bridgehead atoms. The molecule has 0 radical (unpaired) electrons.